The molecule has 0 aliphatic carbocycles. The Hall–Kier alpha value is -3.29. The summed E-state index contributed by atoms with van der Waals surface area (Å²) in [4.78, 5) is 19.7. The van der Waals surface area contributed by atoms with Gasteiger partial charge in [-0.2, -0.15) is 5.10 Å². The minimum atomic E-state index is -0.559. The van der Waals surface area contributed by atoms with Gasteiger partial charge in [0.2, 0.25) is 5.78 Å². The molecule has 0 fully saturated rings. The van der Waals surface area contributed by atoms with Crippen LogP contribution in [0.25, 0.3) is 5.76 Å². The smallest absolute Gasteiger partial charge is 0.226 e. The van der Waals surface area contributed by atoms with Crippen molar-refractivity contribution in [2.24, 2.45) is 0 Å². The average Bonchev–Trinajstić information content (AvgIpc) is 3.21. The second-order valence-electron chi connectivity index (χ2n) is 4.65. The molecule has 0 aliphatic rings. The highest BCUT2D eigenvalue weighted by Gasteiger charge is 2.13. The van der Waals surface area contributed by atoms with Crippen molar-refractivity contribution in [3.05, 3.63) is 71.7 Å². The van der Waals surface area contributed by atoms with E-state index in [-0.39, 0.29) is 23.2 Å². The molecule has 2 heterocycles. The maximum absolute atomic E-state index is 12.8. The zero-order valence-corrected chi connectivity index (χ0v) is 11.7. The van der Waals surface area contributed by atoms with Crippen LogP contribution in [0.2, 0.25) is 0 Å². The molecular formula is C15H11FN4O3. The number of oxazole rings is 1. The number of aliphatic hydroxyl groups excluding tert-OH is 1. The molecule has 0 saturated heterocycles. The van der Waals surface area contributed by atoms with Crippen LogP contribution in [0.15, 0.2) is 47.3 Å². The van der Waals surface area contributed by atoms with Crippen molar-refractivity contribution in [3.63, 3.8) is 0 Å². The SMILES string of the molecule is O=C(/C=C(/O)c1ncn[nH]1)c1cnc(Cc2ccc(F)cc2)o1. The minimum Gasteiger partial charge on any atom is -0.504 e. The van der Waals surface area contributed by atoms with Gasteiger partial charge in [-0.15, -0.1) is 0 Å². The van der Waals surface area contributed by atoms with Crippen LogP contribution in [-0.2, 0) is 6.42 Å². The highest BCUT2D eigenvalue weighted by atomic mass is 19.1. The molecule has 23 heavy (non-hydrogen) atoms. The van der Waals surface area contributed by atoms with Gasteiger partial charge in [0, 0.05) is 12.5 Å². The summed E-state index contributed by atoms with van der Waals surface area (Å²) in [6, 6.07) is 5.89. The van der Waals surface area contributed by atoms with E-state index < -0.39 is 5.78 Å². The molecule has 0 atom stereocenters. The van der Waals surface area contributed by atoms with Gasteiger partial charge in [-0.1, -0.05) is 12.1 Å². The van der Waals surface area contributed by atoms with Crippen molar-refractivity contribution in [2.45, 2.75) is 6.42 Å². The lowest BCUT2D eigenvalue weighted by Crippen LogP contribution is -1.96. The second-order valence-corrected chi connectivity index (χ2v) is 4.65. The van der Waals surface area contributed by atoms with E-state index in [0.717, 1.165) is 11.6 Å². The van der Waals surface area contributed by atoms with E-state index in [1.165, 1.54) is 24.7 Å². The summed E-state index contributed by atoms with van der Waals surface area (Å²) in [6.07, 6.45) is 3.76. The molecule has 7 nitrogen and oxygen atoms in total. The van der Waals surface area contributed by atoms with Gasteiger partial charge in [0.25, 0.3) is 0 Å². The fourth-order valence-electron chi connectivity index (χ4n) is 1.88. The van der Waals surface area contributed by atoms with Gasteiger partial charge in [0.1, 0.15) is 12.1 Å². The predicted molar refractivity (Wildman–Crippen MR) is 77.0 cm³/mol. The Kier molecular flexibility index (Phi) is 3.96. The molecule has 1 aromatic carbocycles. The number of aromatic nitrogens is 4. The first-order chi connectivity index (χ1) is 11.1. The first kappa shape index (κ1) is 14.6. The van der Waals surface area contributed by atoms with Gasteiger partial charge in [-0.3, -0.25) is 9.89 Å². The number of rotatable bonds is 5. The summed E-state index contributed by atoms with van der Waals surface area (Å²) in [6.45, 7) is 0. The molecule has 2 N–H and O–H groups in total. The number of nitrogens with zero attached hydrogens (tertiary/aromatic N) is 3. The second kappa shape index (κ2) is 6.22. The first-order valence-electron chi connectivity index (χ1n) is 6.61. The summed E-state index contributed by atoms with van der Waals surface area (Å²) in [5.74, 6) is -0.879. The minimum absolute atomic E-state index is 0.0202. The van der Waals surface area contributed by atoms with Gasteiger partial charge in [-0.25, -0.2) is 14.4 Å². The van der Waals surface area contributed by atoms with E-state index in [1.807, 2.05) is 0 Å². The Bertz CT molecular complexity index is 838. The topological polar surface area (TPSA) is 105 Å². The number of benzene rings is 1. The maximum atomic E-state index is 12.8. The molecule has 116 valence electrons. The van der Waals surface area contributed by atoms with E-state index in [2.05, 4.69) is 20.2 Å². The number of H-pyrrole nitrogens is 1. The number of ketones is 1. The summed E-state index contributed by atoms with van der Waals surface area (Å²) in [7, 11) is 0. The third-order valence-electron chi connectivity index (χ3n) is 2.99. The van der Waals surface area contributed by atoms with Gasteiger partial charge in [-0.05, 0) is 17.7 Å². The molecule has 0 spiro atoms. The van der Waals surface area contributed by atoms with Crippen molar-refractivity contribution < 1.29 is 18.7 Å². The van der Waals surface area contributed by atoms with Crippen LogP contribution in [0, 0.1) is 5.82 Å². The highest BCUT2D eigenvalue weighted by molar-refractivity contribution is 6.05. The van der Waals surface area contributed by atoms with E-state index in [0.29, 0.717) is 12.3 Å². The fourth-order valence-corrected chi connectivity index (χ4v) is 1.88. The van der Waals surface area contributed by atoms with Gasteiger partial charge in [0.05, 0.1) is 6.20 Å². The lowest BCUT2D eigenvalue weighted by molar-refractivity contribution is 0.101. The van der Waals surface area contributed by atoms with Crippen LogP contribution in [0.4, 0.5) is 4.39 Å². The van der Waals surface area contributed by atoms with E-state index in [1.54, 1.807) is 12.1 Å². The average molecular weight is 314 g/mol. The Morgan fingerprint density at radius 2 is 2.09 bits per heavy atom. The maximum Gasteiger partial charge on any atom is 0.226 e. The standard InChI is InChI=1S/C15H11FN4O3/c16-10-3-1-9(2-4-10)5-14-17-7-13(23-14)11(21)6-12(22)15-18-8-19-20-15/h1-4,6-8,22H,5H2,(H,18,19,20)/b12-6+. The molecule has 0 unspecified atom stereocenters. The third kappa shape index (κ3) is 3.49. The summed E-state index contributed by atoms with van der Waals surface area (Å²) in [5, 5.41) is 15.7. The van der Waals surface area contributed by atoms with Gasteiger partial charge < -0.3 is 9.52 Å². The number of nitrogens with one attached hydrogen (secondary N) is 1. The Labute approximate surface area is 129 Å². The number of aromatic amines is 1. The Morgan fingerprint density at radius 3 is 2.78 bits per heavy atom. The molecule has 0 radical (unpaired) electrons. The van der Waals surface area contributed by atoms with Crippen LogP contribution in [-0.4, -0.2) is 31.1 Å². The Balaban J connectivity index is 1.72. The lowest BCUT2D eigenvalue weighted by Gasteiger charge is -1.97. The van der Waals surface area contributed by atoms with E-state index in [9.17, 15) is 14.3 Å². The normalized spacial score (nSPS) is 11.6. The summed E-state index contributed by atoms with van der Waals surface area (Å²) >= 11 is 0. The molecule has 3 aromatic rings. The largest absolute Gasteiger partial charge is 0.504 e. The van der Waals surface area contributed by atoms with Crippen LogP contribution < -0.4 is 0 Å². The van der Waals surface area contributed by atoms with Gasteiger partial charge in [0.15, 0.2) is 23.2 Å². The quantitative estimate of drug-likeness (QED) is 0.425. The molecule has 0 amide bonds. The zero-order valence-electron chi connectivity index (χ0n) is 11.7. The van der Waals surface area contributed by atoms with Crippen LogP contribution in [0.5, 0.6) is 0 Å². The van der Waals surface area contributed by atoms with Gasteiger partial charge >= 0.3 is 0 Å². The molecule has 3 rings (SSSR count). The van der Waals surface area contributed by atoms with Crippen LogP contribution in [0.3, 0.4) is 0 Å². The van der Waals surface area contributed by atoms with Crippen LogP contribution >= 0.6 is 0 Å². The molecule has 0 bridgehead atoms. The number of hydrogen-bond donors (Lipinski definition) is 2. The van der Waals surface area contributed by atoms with Crippen molar-refractivity contribution >= 4 is 11.5 Å². The third-order valence-corrected chi connectivity index (χ3v) is 2.99. The van der Waals surface area contributed by atoms with Crippen LogP contribution in [0.1, 0.15) is 27.8 Å². The van der Waals surface area contributed by atoms with Crippen molar-refractivity contribution in [2.75, 3.05) is 0 Å². The molecule has 0 aliphatic heterocycles. The molecule has 8 heteroatoms. The lowest BCUT2D eigenvalue weighted by atomic mass is 10.1. The number of hydrogen-bond acceptors (Lipinski definition) is 6. The first-order valence-corrected chi connectivity index (χ1v) is 6.61. The van der Waals surface area contributed by atoms with E-state index in [4.69, 9.17) is 4.42 Å². The molecular weight excluding hydrogens is 303 g/mol. The number of carbonyl (C=O) groups is 1. The van der Waals surface area contributed by atoms with E-state index >= 15 is 0 Å². The molecule has 0 saturated carbocycles. The number of aliphatic hydroxyl groups is 1. The summed E-state index contributed by atoms with van der Waals surface area (Å²) < 4.78 is 18.2. The van der Waals surface area contributed by atoms with Crippen molar-refractivity contribution in [3.8, 4) is 0 Å². The molecule has 2 aromatic heterocycles. The predicted octanol–water partition coefficient (Wildman–Crippen LogP) is 2.30. The zero-order chi connectivity index (χ0) is 16.2. The fraction of sp³-hybridized carbons (Fsp3) is 0.0667. The highest BCUT2D eigenvalue weighted by Crippen LogP contribution is 2.13. The van der Waals surface area contributed by atoms with Crippen molar-refractivity contribution in [1.82, 2.24) is 20.2 Å². The Morgan fingerprint density at radius 1 is 1.30 bits per heavy atom. The monoisotopic (exact) mass is 314 g/mol. The van der Waals surface area contributed by atoms with Crippen molar-refractivity contribution in [1.29, 1.82) is 0 Å². The number of halogens is 1. The number of carbonyl (C=O) groups excluding carboxylic acids is 1. The number of allylic oxidation sites excluding steroid dienone is 1. The summed E-state index contributed by atoms with van der Waals surface area (Å²) in [5.41, 5.74) is 0.798.